The molecule has 32 heavy (non-hydrogen) atoms. The molecule has 1 aliphatic carbocycles. The molecule has 0 saturated carbocycles. The number of hydrogen-bond acceptors (Lipinski definition) is 4. The highest BCUT2D eigenvalue weighted by Crippen LogP contribution is 2.28. The fourth-order valence-corrected chi connectivity index (χ4v) is 4.55. The Labute approximate surface area is 191 Å². The summed E-state index contributed by atoms with van der Waals surface area (Å²) < 4.78 is 11.3. The third kappa shape index (κ3) is 6.12. The van der Waals surface area contributed by atoms with Crippen LogP contribution in [0.15, 0.2) is 78.9 Å². The molecular formula is C28H33NO3. The van der Waals surface area contributed by atoms with E-state index in [0.29, 0.717) is 12.6 Å². The lowest BCUT2D eigenvalue weighted by Gasteiger charge is -2.33. The molecule has 1 N–H and O–H groups in total. The van der Waals surface area contributed by atoms with E-state index < -0.39 is 6.10 Å². The van der Waals surface area contributed by atoms with E-state index in [1.807, 2.05) is 36.4 Å². The van der Waals surface area contributed by atoms with E-state index in [2.05, 4.69) is 47.4 Å². The number of nitrogens with zero attached hydrogens (tertiary/aromatic N) is 1. The number of aliphatic hydroxyl groups is 1. The summed E-state index contributed by atoms with van der Waals surface area (Å²) in [6, 6.07) is 27.0. The number of rotatable bonds is 9. The van der Waals surface area contributed by atoms with E-state index in [1.165, 1.54) is 16.7 Å². The van der Waals surface area contributed by atoms with Crippen LogP contribution in [0, 0.1) is 0 Å². The summed E-state index contributed by atoms with van der Waals surface area (Å²) in [5, 5.41) is 10.9. The molecule has 3 aromatic rings. The Balaban J connectivity index is 1.49. The molecule has 1 unspecified atom stereocenters. The van der Waals surface area contributed by atoms with Gasteiger partial charge in [0.15, 0.2) is 0 Å². The SMILES string of the molecule is COc1ccc2c(c1)CC(N(Cc1ccccc1)C[C@H](O)COc1ccccc1)CCC2. The van der Waals surface area contributed by atoms with E-state index in [1.54, 1.807) is 7.11 Å². The van der Waals surface area contributed by atoms with Crippen molar-refractivity contribution in [3.63, 3.8) is 0 Å². The molecule has 4 rings (SSSR count). The monoisotopic (exact) mass is 431 g/mol. The molecule has 0 heterocycles. The average molecular weight is 432 g/mol. The van der Waals surface area contributed by atoms with Crippen LogP contribution in [0.3, 0.4) is 0 Å². The van der Waals surface area contributed by atoms with Crippen LogP contribution < -0.4 is 9.47 Å². The predicted molar refractivity (Wildman–Crippen MR) is 128 cm³/mol. The van der Waals surface area contributed by atoms with Crippen LogP contribution in [0.5, 0.6) is 11.5 Å². The molecule has 168 valence electrons. The minimum Gasteiger partial charge on any atom is -0.497 e. The third-order valence-electron chi connectivity index (χ3n) is 6.23. The maximum absolute atomic E-state index is 10.9. The second kappa shape index (κ2) is 11.2. The normalized spacial score (nSPS) is 16.8. The summed E-state index contributed by atoms with van der Waals surface area (Å²) in [5.74, 6) is 1.70. The standard InChI is InChI=1S/C28H33NO3/c1-31-28-16-15-23-11-8-12-25(17-24(23)18-28)29(19-22-9-4-2-5-10-22)20-26(30)21-32-27-13-6-3-7-14-27/h2-7,9-10,13-16,18,25-26,30H,8,11-12,17,19-21H2,1H3/t25?,26-/m0/s1. The number of methoxy groups -OCH3 is 1. The van der Waals surface area contributed by atoms with Crippen LogP contribution >= 0.6 is 0 Å². The minimum atomic E-state index is -0.563. The molecule has 3 aromatic carbocycles. The number of hydrogen-bond donors (Lipinski definition) is 1. The van der Waals surface area contributed by atoms with Gasteiger partial charge in [-0.15, -0.1) is 0 Å². The number of para-hydroxylation sites is 1. The van der Waals surface area contributed by atoms with Crippen LogP contribution in [-0.2, 0) is 19.4 Å². The summed E-state index contributed by atoms with van der Waals surface area (Å²) in [6.07, 6.45) is 3.74. The first-order valence-electron chi connectivity index (χ1n) is 11.5. The molecule has 0 saturated heterocycles. The third-order valence-corrected chi connectivity index (χ3v) is 6.23. The summed E-state index contributed by atoms with van der Waals surface area (Å²) in [7, 11) is 1.72. The summed E-state index contributed by atoms with van der Waals surface area (Å²) in [6.45, 7) is 1.67. The van der Waals surface area contributed by atoms with Gasteiger partial charge in [-0.1, -0.05) is 54.6 Å². The van der Waals surface area contributed by atoms with Gasteiger partial charge in [0.25, 0.3) is 0 Å². The zero-order chi connectivity index (χ0) is 22.2. The topological polar surface area (TPSA) is 41.9 Å². The second-order valence-corrected chi connectivity index (χ2v) is 8.58. The van der Waals surface area contributed by atoms with E-state index in [0.717, 1.165) is 43.7 Å². The zero-order valence-corrected chi connectivity index (χ0v) is 18.8. The highest BCUT2D eigenvalue weighted by molar-refractivity contribution is 5.37. The van der Waals surface area contributed by atoms with Gasteiger partial charge in [0.05, 0.1) is 7.11 Å². The first-order valence-corrected chi connectivity index (χ1v) is 11.5. The van der Waals surface area contributed by atoms with Crippen LogP contribution in [0.2, 0.25) is 0 Å². The molecule has 0 amide bonds. The largest absolute Gasteiger partial charge is 0.497 e. The average Bonchev–Trinajstić information content (AvgIpc) is 3.05. The van der Waals surface area contributed by atoms with Crippen LogP contribution in [0.4, 0.5) is 0 Å². The van der Waals surface area contributed by atoms with Crippen LogP contribution in [-0.4, -0.2) is 42.4 Å². The minimum absolute atomic E-state index is 0.284. The van der Waals surface area contributed by atoms with Crippen molar-refractivity contribution in [2.24, 2.45) is 0 Å². The lowest BCUT2D eigenvalue weighted by atomic mass is 10.00. The highest BCUT2D eigenvalue weighted by Gasteiger charge is 2.25. The molecule has 1 aliphatic rings. The Morgan fingerprint density at radius 2 is 1.69 bits per heavy atom. The number of fused-ring (bicyclic) bond motifs is 1. The predicted octanol–water partition coefficient (Wildman–Crippen LogP) is 4.88. The van der Waals surface area contributed by atoms with Gasteiger partial charge in [0, 0.05) is 19.1 Å². The van der Waals surface area contributed by atoms with Gasteiger partial charge in [-0.3, -0.25) is 4.90 Å². The summed E-state index contributed by atoms with van der Waals surface area (Å²) >= 11 is 0. The lowest BCUT2D eigenvalue weighted by molar-refractivity contribution is 0.0463. The number of aliphatic hydroxyl groups excluding tert-OH is 1. The summed E-state index contributed by atoms with van der Waals surface area (Å²) in [4.78, 5) is 2.43. The smallest absolute Gasteiger partial charge is 0.119 e. The fraction of sp³-hybridized carbons (Fsp3) is 0.357. The molecule has 0 aromatic heterocycles. The highest BCUT2D eigenvalue weighted by atomic mass is 16.5. The molecule has 0 bridgehead atoms. The van der Waals surface area contributed by atoms with Gasteiger partial charge < -0.3 is 14.6 Å². The van der Waals surface area contributed by atoms with Crippen molar-refractivity contribution in [3.8, 4) is 11.5 Å². The van der Waals surface area contributed by atoms with E-state index in [9.17, 15) is 5.11 Å². The molecule has 2 atom stereocenters. The quantitative estimate of drug-likeness (QED) is 0.490. The Morgan fingerprint density at radius 1 is 0.938 bits per heavy atom. The first kappa shape index (κ1) is 22.4. The van der Waals surface area contributed by atoms with E-state index >= 15 is 0 Å². The van der Waals surface area contributed by atoms with E-state index in [-0.39, 0.29) is 6.61 Å². The fourth-order valence-electron chi connectivity index (χ4n) is 4.55. The van der Waals surface area contributed by atoms with Crippen molar-refractivity contribution in [1.29, 1.82) is 0 Å². The molecule has 0 aliphatic heterocycles. The number of aryl methyl sites for hydroxylation is 1. The molecule has 0 spiro atoms. The van der Waals surface area contributed by atoms with Crippen LogP contribution in [0.25, 0.3) is 0 Å². The van der Waals surface area contributed by atoms with Crippen molar-refractivity contribution in [3.05, 3.63) is 95.6 Å². The Morgan fingerprint density at radius 3 is 2.44 bits per heavy atom. The van der Waals surface area contributed by atoms with Crippen molar-refractivity contribution in [1.82, 2.24) is 4.90 Å². The van der Waals surface area contributed by atoms with Gasteiger partial charge >= 0.3 is 0 Å². The van der Waals surface area contributed by atoms with Gasteiger partial charge in [0.1, 0.15) is 24.2 Å². The zero-order valence-electron chi connectivity index (χ0n) is 18.8. The molecule has 4 heteroatoms. The lowest BCUT2D eigenvalue weighted by Crippen LogP contribution is -2.42. The molecular weight excluding hydrogens is 398 g/mol. The van der Waals surface area contributed by atoms with Crippen LogP contribution in [0.1, 0.15) is 29.5 Å². The van der Waals surface area contributed by atoms with Gasteiger partial charge in [-0.2, -0.15) is 0 Å². The van der Waals surface area contributed by atoms with Crippen molar-refractivity contribution in [2.45, 2.75) is 44.4 Å². The van der Waals surface area contributed by atoms with Gasteiger partial charge in [0.2, 0.25) is 0 Å². The Hall–Kier alpha value is -2.82. The van der Waals surface area contributed by atoms with Crippen molar-refractivity contribution >= 4 is 0 Å². The molecule has 0 radical (unpaired) electrons. The van der Waals surface area contributed by atoms with Crippen molar-refractivity contribution < 1.29 is 14.6 Å². The van der Waals surface area contributed by atoms with E-state index in [4.69, 9.17) is 9.47 Å². The Kier molecular flexibility index (Phi) is 7.81. The number of ether oxygens (including phenoxy) is 2. The molecule has 4 nitrogen and oxygen atoms in total. The van der Waals surface area contributed by atoms with Crippen molar-refractivity contribution in [2.75, 3.05) is 20.3 Å². The van der Waals surface area contributed by atoms with Gasteiger partial charge in [-0.05, 0) is 66.6 Å². The Bertz CT molecular complexity index is 961. The second-order valence-electron chi connectivity index (χ2n) is 8.58. The maximum Gasteiger partial charge on any atom is 0.119 e. The first-order chi connectivity index (χ1) is 15.7. The molecule has 0 fully saturated rings. The van der Waals surface area contributed by atoms with Gasteiger partial charge in [-0.25, -0.2) is 0 Å². The summed E-state index contributed by atoms with van der Waals surface area (Å²) in [5.41, 5.74) is 4.04. The number of benzene rings is 3. The maximum atomic E-state index is 10.9.